The van der Waals surface area contributed by atoms with Crippen LogP contribution in [0.25, 0.3) is 0 Å². The van der Waals surface area contributed by atoms with E-state index in [-0.39, 0.29) is 16.9 Å². The first-order valence-corrected chi connectivity index (χ1v) is 7.90. The average Bonchev–Trinajstić information content (AvgIpc) is 2.80. The third kappa shape index (κ3) is 3.74. The summed E-state index contributed by atoms with van der Waals surface area (Å²) in [5.74, 6) is 0.176. The lowest BCUT2D eigenvalue weighted by Gasteiger charge is -2.29. The van der Waals surface area contributed by atoms with Gasteiger partial charge in [0.25, 0.3) is 6.43 Å². The highest BCUT2D eigenvalue weighted by Gasteiger charge is 2.27. The van der Waals surface area contributed by atoms with Crippen LogP contribution < -0.4 is 10.0 Å². The zero-order valence-electron chi connectivity index (χ0n) is 11.1. The molecule has 0 saturated carbocycles. The molecule has 0 spiro atoms. The maximum atomic E-state index is 12.2. The number of halogens is 2. The number of alkyl halides is 2. The number of hydrogen-bond donors (Lipinski definition) is 2. The second-order valence-electron chi connectivity index (χ2n) is 4.99. The molecule has 1 saturated heterocycles. The van der Waals surface area contributed by atoms with Crippen LogP contribution in [-0.2, 0) is 16.6 Å². The molecule has 2 unspecified atom stereocenters. The summed E-state index contributed by atoms with van der Waals surface area (Å²) in [7, 11) is -3.71. The Bertz CT molecular complexity index is 546. The van der Waals surface area contributed by atoms with Gasteiger partial charge in [-0.15, -0.1) is 0 Å². The summed E-state index contributed by atoms with van der Waals surface area (Å²) >= 11 is 0. The van der Waals surface area contributed by atoms with Crippen LogP contribution >= 0.6 is 0 Å². The Hall–Kier alpha value is -1.06. The standard InChI is InChI=1S/C11H18F2N4O2S/c1-8-4-14-3-2-10(8)16-20(18,19)9-5-15-17(6-9)7-11(12)13/h5-6,8,10-11,14,16H,2-4,7H2,1H3. The van der Waals surface area contributed by atoms with E-state index in [1.165, 1.54) is 0 Å². The number of piperidine rings is 1. The molecule has 2 rings (SSSR count). The summed E-state index contributed by atoms with van der Waals surface area (Å²) < 4.78 is 52.3. The molecule has 0 aliphatic carbocycles. The van der Waals surface area contributed by atoms with Crippen LogP contribution in [0.1, 0.15) is 13.3 Å². The SMILES string of the molecule is CC1CNCCC1NS(=O)(=O)c1cnn(CC(F)F)c1. The minimum absolute atomic E-state index is 0.0797. The van der Waals surface area contributed by atoms with Crippen LogP contribution in [0.2, 0.25) is 0 Å². The number of nitrogens with one attached hydrogen (secondary N) is 2. The van der Waals surface area contributed by atoms with Crippen LogP contribution in [0, 0.1) is 5.92 Å². The Balaban J connectivity index is 2.07. The molecule has 1 aliphatic heterocycles. The van der Waals surface area contributed by atoms with Gasteiger partial charge < -0.3 is 5.32 Å². The molecule has 0 radical (unpaired) electrons. The molecule has 9 heteroatoms. The van der Waals surface area contributed by atoms with E-state index < -0.39 is 23.0 Å². The second kappa shape index (κ2) is 6.15. The zero-order valence-corrected chi connectivity index (χ0v) is 11.9. The van der Waals surface area contributed by atoms with Gasteiger partial charge in [0.15, 0.2) is 0 Å². The van der Waals surface area contributed by atoms with Crippen LogP contribution in [0.3, 0.4) is 0 Å². The molecule has 0 amide bonds. The fraction of sp³-hybridized carbons (Fsp3) is 0.727. The third-order valence-electron chi connectivity index (χ3n) is 3.34. The summed E-state index contributed by atoms with van der Waals surface area (Å²) in [6.07, 6.45) is 0.352. The van der Waals surface area contributed by atoms with Gasteiger partial charge in [-0.2, -0.15) is 5.10 Å². The summed E-state index contributed by atoms with van der Waals surface area (Å²) in [6, 6.07) is -0.153. The van der Waals surface area contributed by atoms with Crippen LogP contribution in [-0.4, -0.2) is 43.8 Å². The lowest BCUT2D eigenvalue weighted by Crippen LogP contribution is -2.48. The van der Waals surface area contributed by atoms with Gasteiger partial charge in [-0.05, 0) is 25.4 Å². The highest BCUT2D eigenvalue weighted by atomic mass is 32.2. The quantitative estimate of drug-likeness (QED) is 0.827. The first kappa shape index (κ1) is 15.3. The Kier molecular flexibility index (Phi) is 4.71. The molecule has 20 heavy (non-hydrogen) atoms. The van der Waals surface area contributed by atoms with Crippen molar-refractivity contribution in [2.24, 2.45) is 5.92 Å². The molecule has 2 N–H and O–H groups in total. The third-order valence-corrected chi connectivity index (χ3v) is 4.78. The number of sulfonamides is 1. The maximum absolute atomic E-state index is 12.2. The van der Waals surface area contributed by atoms with E-state index in [1.54, 1.807) is 0 Å². The van der Waals surface area contributed by atoms with E-state index in [2.05, 4.69) is 15.1 Å². The number of rotatable bonds is 5. The molecule has 2 heterocycles. The summed E-state index contributed by atoms with van der Waals surface area (Å²) in [6.45, 7) is 2.85. The summed E-state index contributed by atoms with van der Waals surface area (Å²) in [4.78, 5) is -0.0797. The van der Waals surface area contributed by atoms with Crippen molar-refractivity contribution in [2.45, 2.75) is 37.3 Å². The van der Waals surface area contributed by atoms with Crippen molar-refractivity contribution in [3.05, 3.63) is 12.4 Å². The van der Waals surface area contributed by atoms with E-state index in [0.717, 1.165) is 30.2 Å². The predicted octanol–water partition coefficient (Wildman–Crippen LogP) is 0.424. The Morgan fingerprint density at radius 2 is 2.35 bits per heavy atom. The maximum Gasteiger partial charge on any atom is 0.257 e. The fourth-order valence-electron chi connectivity index (χ4n) is 2.18. The molecule has 1 aromatic rings. The average molecular weight is 308 g/mol. The number of nitrogens with zero attached hydrogens (tertiary/aromatic N) is 2. The van der Waals surface area contributed by atoms with Crippen molar-refractivity contribution in [3.8, 4) is 0 Å². The van der Waals surface area contributed by atoms with E-state index >= 15 is 0 Å². The van der Waals surface area contributed by atoms with Crippen molar-refractivity contribution in [1.29, 1.82) is 0 Å². The van der Waals surface area contributed by atoms with E-state index in [9.17, 15) is 17.2 Å². The molecule has 1 fully saturated rings. The summed E-state index contributed by atoms with van der Waals surface area (Å²) in [5, 5.41) is 6.82. The van der Waals surface area contributed by atoms with Crippen molar-refractivity contribution in [3.63, 3.8) is 0 Å². The predicted molar refractivity (Wildman–Crippen MR) is 69.0 cm³/mol. The van der Waals surface area contributed by atoms with E-state index in [0.29, 0.717) is 6.42 Å². The topological polar surface area (TPSA) is 76.0 Å². The monoisotopic (exact) mass is 308 g/mol. The van der Waals surface area contributed by atoms with Gasteiger partial charge in [0.1, 0.15) is 11.4 Å². The molecule has 1 aromatic heterocycles. The second-order valence-corrected chi connectivity index (χ2v) is 6.70. The molecule has 1 aliphatic rings. The van der Waals surface area contributed by atoms with Gasteiger partial charge in [-0.25, -0.2) is 21.9 Å². The zero-order chi connectivity index (χ0) is 14.8. The molecule has 0 aromatic carbocycles. The number of hydrogen-bond acceptors (Lipinski definition) is 4. The van der Waals surface area contributed by atoms with Crippen molar-refractivity contribution in [2.75, 3.05) is 13.1 Å². The molecule has 2 atom stereocenters. The first-order chi connectivity index (χ1) is 9.38. The largest absolute Gasteiger partial charge is 0.316 e. The first-order valence-electron chi connectivity index (χ1n) is 6.42. The fourth-order valence-corrected chi connectivity index (χ4v) is 3.51. The Labute approximate surface area is 116 Å². The van der Waals surface area contributed by atoms with Gasteiger partial charge in [0, 0.05) is 12.2 Å². The normalized spacial score (nSPS) is 24.2. The highest BCUT2D eigenvalue weighted by Crippen LogP contribution is 2.15. The smallest absolute Gasteiger partial charge is 0.257 e. The lowest BCUT2D eigenvalue weighted by atomic mass is 9.97. The van der Waals surface area contributed by atoms with E-state index in [4.69, 9.17) is 0 Å². The molecule has 0 bridgehead atoms. The van der Waals surface area contributed by atoms with Crippen LogP contribution in [0.5, 0.6) is 0 Å². The van der Waals surface area contributed by atoms with E-state index in [1.807, 2.05) is 6.92 Å². The van der Waals surface area contributed by atoms with Gasteiger partial charge in [0.2, 0.25) is 10.0 Å². The molecular formula is C11H18F2N4O2S. The van der Waals surface area contributed by atoms with Gasteiger partial charge in [-0.1, -0.05) is 6.92 Å². The lowest BCUT2D eigenvalue weighted by molar-refractivity contribution is 0.121. The van der Waals surface area contributed by atoms with Gasteiger partial charge >= 0.3 is 0 Å². The van der Waals surface area contributed by atoms with Gasteiger partial charge in [0.05, 0.1) is 6.20 Å². The number of aromatic nitrogens is 2. The van der Waals surface area contributed by atoms with Crippen LogP contribution in [0.15, 0.2) is 17.3 Å². The Morgan fingerprint density at radius 3 is 3.00 bits per heavy atom. The van der Waals surface area contributed by atoms with Crippen molar-refractivity contribution in [1.82, 2.24) is 19.8 Å². The van der Waals surface area contributed by atoms with Crippen molar-refractivity contribution < 1.29 is 17.2 Å². The highest BCUT2D eigenvalue weighted by molar-refractivity contribution is 7.89. The minimum atomic E-state index is -3.71. The van der Waals surface area contributed by atoms with Crippen LogP contribution in [0.4, 0.5) is 8.78 Å². The van der Waals surface area contributed by atoms with Gasteiger partial charge in [-0.3, -0.25) is 4.68 Å². The Morgan fingerprint density at radius 1 is 1.60 bits per heavy atom. The minimum Gasteiger partial charge on any atom is -0.316 e. The molecule has 6 nitrogen and oxygen atoms in total. The van der Waals surface area contributed by atoms with Crippen molar-refractivity contribution >= 4 is 10.0 Å². The molecular weight excluding hydrogens is 290 g/mol. The summed E-state index contributed by atoms with van der Waals surface area (Å²) in [5.41, 5.74) is 0. The molecule has 114 valence electrons.